The van der Waals surface area contributed by atoms with E-state index in [1.165, 1.54) is 16.9 Å². The van der Waals surface area contributed by atoms with Crippen LogP contribution in [0, 0.1) is 0 Å². The Bertz CT molecular complexity index is 1500. The highest BCUT2D eigenvalue weighted by Crippen LogP contribution is 2.27. The van der Waals surface area contributed by atoms with Crippen LogP contribution in [0.1, 0.15) is 30.0 Å². The van der Waals surface area contributed by atoms with Crippen molar-refractivity contribution in [1.29, 1.82) is 0 Å². The maximum Gasteiger partial charge on any atom is 0.273 e. The molecule has 6 nitrogen and oxygen atoms in total. The van der Waals surface area contributed by atoms with Gasteiger partial charge in [-0.1, -0.05) is 67.7 Å². The molecule has 5 aromatic rings. The molecule has 0 unspecified atom stereocenters. The van der Waals surface area contributed by atoms with Gasteiger partial charge in [0.25, 0.3) is 5.56 Å². The van der Waals surface area contributed by atoms with Crippen molar-refractivity contribution < 1.29 is 4.74 Å². The summed E-state index contributed by atoms with van der Waals surface area (Å²) in [4.78, 5) is 13.3. The van der Waals surface area contributed by atoms with E-state index < -0.39 is 0 Å². The van der Waals surface area contributed by atoms with Gasteiger partial charge in [0.1, 0.15) is 10.4 Å². The Kier molecular flexibility index (Phi) is 6.51. The Labute approximate surface area is 205 Å². The molecule has 2 aromatic carbocycles. The smallest absolute Gasteiger partial charge is 0.273 e. The zero-order valence-corrected chi connectivity index (χ0v) is 20.4. The fourth-order valence-corrected chi connectivity index (χ4v) is 5.45. The van der Waals surface area contributed by atoms with Gasteiger partial charge in [-0.2, -0.15) is 0 Å². The maximum absolute atomic E-state index is 13.3. The van der Waals surface area contributed by atoms with Crippen molar-refractivity contribution in [1.82, 2.24) is 19.2 Å². The van der Waals surface area contributed by atoms with Crippen LogP contribution >= 0.6 is 23.1 Å². The molecule has 3 heterocycles. The minimum Gasteiger partial charge on any atom is -0.494 e. The first-order valence-corrected chi connectivity index (χ1v) is 13.0. The van der Waals surface area contributed by atoms with Gasteiger partial charge in [0.05, 0.1) is 18.7 Å². The van der Waals surface area contributed by atoms with Crippen LogP contribution in [0.4, 0.5) is 0 Å². The second-order valence-electron chi connectivity index (χ2n) is 7.87. The lowest BCUT2D eigenvalue weighted by Crippen LogP contribution is -2.23. The van der Waals surface area contributed by atoms with Crippen LogP contribution in [0.25, 0.3) is 22.1 Å². The minimum atomic E-state index is -0.0484. The summed E-state index contributed by atoms with van der Waals surface area (Å²) < 4.78 is 10.1. The number of ether oxygens (including phenoxy) is 1. The molecule has 3 aromatic heterocycles. The van der Waals surface area contributed by atoms with Crippen molar-refractivity contribution in [2.45, 2.75) is 30.8 Å². The summed E-state index contributed by atoms with van der Waals surface area (Å²) >= 11 is 3.06. The Morgan fingerprint density at radius 3 is 2.56 bits per heavy atom. The number of thiophene rings is 1. The molecule has 0 aliphatic rings. The van der Waals surface area contributed by atoms with E-state index in [0.717, 1.165) is 39.7 Å². The van der Waals surface area contributed by atoms with Gasteiger partial charge in [-0.25, -0.2) is 0 Å². The van der Waals surface area contributed by atoms with E-state index in [4.69, 9.17) is 4.74 Å². The number of nitrogens with zero attached hydrogens (tertiary/aromatic N) is 4. The number of hydrogen-bond donors (Lipinski definition) is 0. The van der Waals surface area contributed by atoms with Crippen LogP contribution in [0.2, 0.25) is 0 Å². The molecule has 0 amide bonds. The van der Waals surface area contributed by atoms with E-state index >= 15 is 0 Å². The molecule has 0 saturated heterocycles. The van der Waals surface area contributed by atoms with Crippen molar-refractivity contribution >= 4 is 45.2 Å². The first-order valence-electron chi connectivity index (χ1n) is 11.1. The first kappa shape index (κ1) is 22.4. The van der Waals surface area contributed by atoms with E-state index in [0.29, 0.717) is 23.6 Å². The highest BCUT2D eigenvalue weighted by molar-refractivity contribution is 7.98. The van der Waals surface area contributed by atoms with Crippen LogP contribution in [-0.4, -0.2) is 25.8 Å². The quantitative estimate of drug-likeness (QED) is 0.243. The number of rotatable bonds is 9. The number of aromatic nitrogens is 4. The van der Waals surface area contributed by atoms with Crippen molar-refractivity contribution in [2.24, 2.45) is 0 Å². The van der Waals surface area contributed by atoms with Crippen LogP contribution in [0.3, 0.4) is 0 Å². The topological polar surface area (TPSA) is 61.4 Å². The van der Waals surface area contributed by atoms with Gasteiger partial charge in [0, 0.05) is 5.75 Å². The normalized spacial score (nSPS) is 11.3. The van der Waals surface area contributed by atoms with E-state index in [9.17, 15) is 4.79 Å². The van der Waals surface area contributed by atoms with Gasteiger partial charge in [0.15, 0.2) is 5.16 Å². The number of fused-ring (bicyclic) bond motifs is 3. The van der Waals surface area contributed by atoms with Gasteiger partial charge >= 0.3 is 0 Å². The van der Waals surface area contributed by atoms with Crippen LogP contribution < -0.4 is 10.3 Å². The van der Waals surface area contributed by atoms with Crippen molar-refractivity contribution in [2.75, 3.05) is 6.61 Å². The molecular weight excluding hydrogens is 464 g/mol. The lowest BCUT2D eigenvalue weighted by molar-refractivity contribution is 0.317. The highest BCUT2D eigenvalue weighted by Gasteiger charge is 2.18. The third-order valence-corrected chi connectivity index (χ3v) is 7.39. The van der Waals surface area contributed by atoms with Crippen LogP contribution in [0.15, 0.2) is 76.5 Å². The predicted molar refractivity (Wildman–Crippen MR) is 140 cm³/mol. The monoisotopic (exact) mass is 488 g/mol. The van der Waals surface area contributed by atoms with Gasteiger partial charge in [-0.05, 0) is 46.7 Å². The summed E-state index contributed by atoms with van der Waals surface area (Å²) in [6.45, 7) is 6.99. The molecule has 0 N–H and O–H groups in total. The Morgan fingerprint density at radius 2 is 1.82 bits per heavy atom. The second-order valence-corrected chi connectivity index (χ2v) is 9.73. The number of hydrogen-bond acceptors (Lipinski definition) is 6. The van der Waals surface area contributed by atoms with Gasteiger partial charge in [-0.15, -0.1) is 21.5 Å². The fraction of sp³-hybridized carbons (Fsp3) is 0.192. The summed E-state index contributed by atoms with van der Waals surface area (Å²) in [6.07, 6.45) is 2.80. The van der Waals surface area contributed by atoms with E-state index in [1.807, 2.05) is 46.2 Å². The lowest BCUT2D eigenvalue weighted by atomic mass is 10.1. The molecule has 0 aliphatic heterocycles. The van der Waals surface area contributed by atoms with Crippen LogP contribution in [0.5, 0.6) is 5.75 Å². The van der Waals surface area contributed by atoms with Gasteiger partial charge in [0.2, 0.25) is 5.78 Å². The van der Waals surface area contributed by atoms with Crippen LogP contribution in [-0.2, 0) is 12.3 Å². The Balaban J connectivity index is 1.48. The summed E-state index contributed by atoms with van der Waals surface area (Å²) in [7, 11) is 0. The zero-order chi connectivity index (χ0) is 23.5. The summed E-state index contributed by atoms with van der Waals surface area (Å²) in [5.41, 5.74) is 4.08. The molecule has 0 radical (unpaired) electrons. The average Bonchev–Trinajstić information content (AvgIpc) is 3.52. The van der Waals surface area contributed by atoms with E-state index in [1.54, 1.807) is 16.3 Å². The fourth-order valence-electron chi connectivity index (χ4n) is 3.73. The standard InChI is InChI=1S/C26H24N4O2S2/c1-3-14-32-21-11-9-19(10-12-21)16-29-24(31)23-22(13-15-33-23)30-25(29)27-28-26(30)34-17-20-7-5-18(4-2)6-8-20/h4-13,15H,2-3,14,16-17H2,1H3. The van der Waals surface area contributed by atoms with Crippen molar-refractivity contribution in [3.63, 3.8) is 0 Å². The Hall–Kier alpha value is -3.36. The van der Waals surface area contributed by atoms with Crippen molar-refractivity contribution in [3.8, 4) is 5.75 Å². The molecule has 0 bridgehead atoms. The average molecular weight is 489 g/mol. The molecule has 0 spiro atoms. The SMILES string of the molecule is C=Cc1ccc(CSc2nnc3n(Cc4ccc(OCCC)cc4)c(=O)c4sccc4n23)cc1. The predicted octanol–water partition coefficient (Wildman–Crippen LogP) is 5.88. The summed E-state index contributed by atoms with van der Waals surface area (Å²) in [5, 5.41) is 11.6. The third-order valence-electron chi connectivity index (χ3n) is 5.50. The lowest BCUT2D eigenvalue weighted by Gasteiger charge is -2.10. The van der Waals surface area contributed by atoms with Gasteiger partial charge in [-0.3, -0.25) is 13.8 Å². The summed E-state index contributed by atoms with van der Waals surface area (Å²) in [6, 6.07) is 18.1. The largest absolute Gasteiger partial charge is 0.494 e. The molecule has 8 heteroatoms. The second kappa shape index (κ2) is 9.87. The molecule has 0 saturated carbocycles. The maximum atomic E-state index is 13.3. The molecule has 34 heavy (non-hydrogen) atoms. The van der Waals surface area contributed by atoms with E-state index in [2.05, 4.69) is 48.0 Å². The zero-order valence-electron chi connectivity index (χ0n) is 18.8. The van der Waals surface area contributed by atoms with E-state index in [-0.39, 0.29) is 5.56 Å². The molecule has 172 valence electrons. The van der Waals surface area contributed by atoms with Crippen molar-refractivity contribution in [3.05, 3.63) is 93.6 Å². The Morgan fingerprint density at radius 1 is 1.06 bits per heavy atom. The minimum absolute atomic E-state index is 0.0484. The number of thioether (sulfide) groups is 1. The highest BCUT2D eigenvalue weighted by atomic mass is 32.2. The number of benzene rings is 2. The molecule has 0 atom stereocenters. The molecule has 0 fully saturated rings. The summed E-state index contributed by atoms with van der Waals surface area (Å²) in [5.74, 6) is 2.13. The first-order chi connectivity index (χ1) is 16.7. The molecular formula is C26H24N4O2S2. The molecule has 5 rings (SSSR count). The third kappa shape index (κ3) is 4.38. The van der Waals surface area contributed by atoms with Gasteiger partial charge < -0.3 is 4.74 Å². The molecule has 0 aliphatic carbocycles.